The summed E-state index contributed by atoms with van der Waals surface area (Å²) in [6, 6.07) is 1.83. The Morgan fingerprint density at radius 2 is 2.14 bits per heavy atom. The zero-order chi connectivity index (χ0) is 15.4. The number of anilines is 1. The Labute approximate surface area is 131 Å². The zero-order valence-corrected chi connectivity index (χ0v) is 13.2. The monoisotopic (exact) mass is 304 g/mol. The molecule has 0 aromatic carbocycles. The Kier molecular flexibility index (Phi) is 4.57. The van der Waals surface area contributed by atoms with Crippen LogP contribution in [0.3, 0.4) is 0 Å². The molecule has 1 spiro atoms. The quantitative estimate of drug-likeness (QED) is 0.825. The summed E-state index contributed by atoms with van der Waals surface area (Å²) < 4.78 is 5.87. The van der Waals surface area contributed by atoms with E-state index in [1.54, 1.807) is 12.4 Å². The molecule has 0 aliphatic carbocycles. The predicted molar refractivity (Wildman–Crippen MR) is 83.6 cm³/mol. The lowest BCUT2D eigenvalue weighted by Gasteiger charge is -2.43. The lowest BCUT2D eigenvalue weighted by atomic mass is 9.80. The highest BCUT2D eigenvalue weighted by Gasteiger charge is 2.40. The van der Waals surface area contributed by atoms with Crippen molar-refractivity contribution in [2.75, 3.05) is 44.3 Å². The van der Waals surface area contributed by atoms with Crippen LogP contribution in [0.25, 0.3) is 0 Å². The largest absolute Gasteiger partial charge is 0.379 e. The molecule has 22 heavy (non-hydrogen) atoms. The molecule has 1 atom stereocenters. The van der Waals surface area contributed by atoms with Crippen LogP contribution < -0.4 is 4.90 Å². The van der Waals surface area contributed by atoms with Gasteiger partial charge >= 0.3 is 0 Å². The standard InChI is InChI=1S/C16H24N4O2/c1-2-14(21)19-8-3-5-16(11-19)12-20(9-10-22-13-16)15-17-6-4-7-18-15/h4,6-7H,2-3,5,8-13H2,1H3/t16-/m1/s1. The van der Waals surface area contributed by atoms with Crippen LogP contribution in [-0.4, -0.2) is 60.2 Å². The second-order valence-corrected chi connectivity index (χ2v) is 6.30. The number of rotatable bonds is 2. The molecule has 1 aromatic heterocycles. The first-order valence-corrected chi connectivity index (χ1v) is 8.10. The fraction of sp³-hybridized carbons (Fsp3) is 0.688. The summed E-state index contributed by atoms with van der Waals surface area (Å²) in [5.41, 5.74) is -0.00121. The number of ether oxygens (including phenoxy) is 1. The van der Waals surface area contributed by atoms with Crippen LogP contribution in [0.2, 0.25) is 0 Å². The average molecular weight is 304 g/mol. The van der Waals surface area contributed by atoms with Crippen LogP contribution in [0.15, 0.2) is 18.5 Å². The smallest absolute Gasteiger partial charge is 0.225 e. The van der Waals surface area contributed by atoms with E-state index in [1.807, 2.05) is 17.9 Å². The maximum absolute atomic E-state index is 12.1. The van der Waals surface area contributed by atoms with Crippen molar-refractivity contribution in [3.05, 3.63) is 18.5 Å². The molecule has 120 valence electrons. The van der Waals surface area contributed by atoms with Gasteiger partial charge in [0.15, 0.2) is 0 Å². The third-order valence-electron chi connectivity index (χ3n) is 4.59. The SMILES string of the molecule is CCC(=O)N1CCC[C@@]2(COCCN(c3ncccn3)C2)C1. The van der Waals surface area contributed by atoms with E-state index < -0.39 is 0 Å². The number of amides is 1. The summed E-state index contributed by atoms with van der Waals surface area (Å²) in [7, 11) is 0. The number of likely N-dealkylation sites (tertiary alicyclic amines) is 1. The van der Waals surface area contributed by atoms with Gasteiger partial charge in [0, 0.05) is 50.4 Å². The molecule has 6 heteroatoms. The van der Waals surface area contributed by atoms with Gasteiger partial charge in [0.25, 0.3) is 0 Å². The van der Waals surface area contributed by atoms with E-state index >= 15 is 0 Å². The third-order valence-corrected chi connectivity index (χ3v) is 4.59. The van der Waals surface area contributed by atoms with Gasteiger partial charge in [-0.2, -0.15) is 0 Å². The maximum Gasteiger partial charge on any atom is 0.225 e. The summed E-state index contributed by atoms with van der Waals surface area (Å²) in [4.78, 5) is 25.0. The van der Waals surface area contributed by atoms with Gasteiger partial charge in [-0.3, -0.25) is 4.79 Å². The second kappa shape index (κ2) is 6.60. The van der Waals surface area contributed by atoms with Gasteiger partial charge in [-0.05, 0) is 18.9 Å². The van der Waals surface area contributed by atoms with Crippen LogP contribution in [-0.2, 0) is 9.53 Å². The Hall–Kier alpha value is -1.69. The molecule has 2 aliphatic rings. The lowest BCUT2D eigenvalue weighted by molar-refractivity contribution is -0.135. The highest BCUT2D eigenvalue weighted by molar-refractivity contribution is 5.76. The fourth-order valence-corrected chi connectivity index (χ4v) is 3.51. The van der Waals surface area contributed by atoms with E-state index in [2.05, 4.69) is 14.9 Å². The molecule has 0 bridgehead atoms. The van der Waals surface area contributed by atoms with E-state index in [0.717, 1.165) is 45.0 Å². The molecule has 3 rings (SSSR count). The van der Waals surface area contributed by atoms with Crippen molar-refractivity contribution in [1.29, 1.82) is 0 Å². The minimum atomic E-state index is -0.00121. The first-order valence-electron chi connectivity index (χ1n) is 8.10. The van der Waals surface area contributed by atoms with Gasteiger partial charge < -0.3 is 14.5 Å². The van der Waals surface area contributed by atoms with E-state index in [4.69, 9.17) is 4.74 Å². The van der Waals surface area contributed by atoms with E-state index in [0.29, 0.717) is 19.6 Å². The van der Waals surface area contributed by atoms with Crippen molar-refractivity contribution >= 4 is 11.9 Å². The van der Waals surface area contributed by atoms with Crippen molar-refractivity contribution in [3.8, 4) is 0 Å². The topological polar surface area (TPSA) is 58.6 Å². The average Bonchev–Trinajstić information content (AvgIpc) is 2.77. The highest BCUT2D eigenvalue weighted by atomic mass is 16.5. The number of carbonyl (C=O) groups excluding carboxylic acids is 1. The summed E-state index contributed by atoms with van der Waals surface area (Å²) in [6.07, 6.45) is 6.24. The van der Waals surface area contributed by atoms with Crippen LogP contribution >= 0.6 is 0 Å². The van der Waals surface area contributed by atoms with Crippen molar-refractivity contribution in [3.63, 3.8) is 0 Å². The lowest BCUT2D eigenvalue weighted by Crippen LogP contribution is -2.52. The minimum absolute atomic E-state index is 0.00121. The first-order chi connectivity index (χ1) is 10.7. The highest BCUT2D eigenvalue weighted by Crippen LogP contribution is 2.34. The van der Waals surface area contributed by atoms with Gasteiger partial charge in [0.1, 0.15) is 0 Å². The normalized spacial score (nSPS) is 26.0. The number of aromatic nitrogens is 2. The van der Waals surface area contributed by atoms with Gasteiger partial charge in [0.2, 0.25) is 11.9 Å². The molecular weight excluding hydrogens is 280 g/mol. The van der Waals surface area contributed by atoms with E-state index in [1.165, 1.54) is 0 Å². The summed E-state index contributed by atoms with van der Waals surface area (Å²) in [5, 5.41) is 0. The maximum atomic E-state index is 12.1. The van der Waals surface area contributed by atoms with Crippen LogP contribution in [0.1, 0.15) is 26.2 Å². The molecule has 2 saturated heterocycles. The van der Waals surface area contributed by atoms with Crippen LogP contribution in [0.4, 0.5) is 5.95 Å². The first kappa shape index (κ1) is 15.2. The molecule has 1 aromatic rings. The molecular formula is C16H24N4O2. The van der Waals surface area contributed by atoms with Crippen molar-refractivity contribution in [1.82, 2.24) is 14.9 Å². The van der Waals surface area contributed by atoms with Gasteiger partial charge in [0.05, 0.1) is 13.2 Å². The van der Waals surface area contributed by atoms with Crippen molar-refractivity contribution < 1.29 is 9.53 Å². The zero-order valence-electron chi connectivity index (χ0n) is 13.2. The number of nitrogens with zero attached hydrogens (tertiary/aromatic N) is 4. The summed E-state index contributed by atoms with van der Waals surface area (Å²) in [6.45, 7) is 6.63. The van der Waals surface area contributed by atoms with Gasteiger partial charge in [-0.15, -0.1) is 0 Å². The Bertz CT molecular complexity index is 510. The molecule has 0 N–H and O–H groups in total. The van der Waals surface area contributed by atoms with Crippen LogP contribution in [0, 0.1) is 5.41 Å². The molecule has 0 saturated carbocycles. The van der Waals surface area contributed by atoms with Crippen molar-refractivity contribution in [2.45, 2.75) is 26.2 Å². The molecule has 1 amide bonds. The molecule has 2 aliphatic heterocycles. The molecule has 6 nitrogen and oxygen atoms in total. The Morgan fingerprint density at radius 3 is 2.91 bits per heavy atom. The number of carbonyl (C=O) groups is 1. The van der Waals surface area contributed by atoms with Crippen molar-refractivity contribution in [2.24, 2.45) is 5.41 Å². The third kappa shape index (κ3) is 3.21. The number of hydrogen-bond acceptors (Lipinski definition) is 5. The molecule has 0 radical (unpaired) electrons. The predicted octanol–water partition coefficient (Wildman–Crippen LogP) is 1.33. The second-order valence-electron chi connectivity index (χ2n) is 6.30. The minimum Gasteiger partial charge on any atom is -0.379 e. The van der Waals surface area contributed by atoms with Crippen LogP contribution in [0.5, 0.6) is 0 Å². The van der Waals surface area contributed by atoms with E-state index in [9.17, 15) is 4.79 Å². The summed E-state index contributed by atoms with van der Waals surface area (Å²) >= 11 is 0. The fourth-order valence-electron chi connectivity index (χ4n) is 3.51. The van der Waals surface area contributed by atoms with Gasteiger partial charge in [-0.25, -0.2) is 9.97 Å². The van der Waals surface area contributed by atoms with Gasteiger partial charge in [-0.1, -0.05) is 6.92 Å². The van der Waals surface area contributed by atoms with E-state index in [-0.39, 0.29) is 11.3 Å². The Morgan fingerprint density at radius 1 is 1.32 bits per heavy atom. The summed E-state index contributed by atoms with van der Waals surface area (Å²) in [5.74, 6) is 0.997. The number of hydrogen-bond donors (Lipinski definition) is 0. The molecule has 0 unspecified atom stereocenters. The molecule has 3 heterocycles. The Balaban J connectivity index is 1.78. The number of piperidine rings is 1. The molecule has 2 fully saturated rings.